The number of rotatable bonds is 13. The third-order valence-electron chi connectivity index (χ3n) is 7.30. The van der Waals surface area contributed by atoms with Gasteiger partial charge in [0.1, 0.15) is 18.1 Å². The zero-order chi connectivity index (χ0) is 32.7. The molecule has 4 rings (SSSR count). The standard InChI is InChI=1S/C28H35N6O9PS/c29-24(36)19(12-16-8-9-17-5-1-2-6-18(17)11-16)31-26(38)22-7-3-4-10-34(22)27(39)21(14-45-15-44(41,42)43)30-23(35)13-20-25(37)33-28(40)32-20/h1-2,5-6,8-9,11,19,21-22,37H,3-4,7,10,12-15H2,(H2,29,36)(H,30,35)(H,31,38)(H2,32,33,40)(H2,41,42,43)/t19-,21-,22-/m0/s1. The number of aromatic amines is 2. The first kappa shape index (κ1) is 33.8. The summed E-state index contributed by atoms with van der Waals surface area (Å²) in [5.41, 5.74) is 4.95. The van der Waals surface area contributed by atoms with Crippen molar-refractivity contribution in [2.75, 3.05) is 17.8 Å². The SMILES string of the molecule is NC(=O)[C@H](Cc1ccc2ccccc2c1)NC(=O)[C@@H]1CCCCN1C(=O)[C@H](CSCP(=O)(O)O)NC(=O)Cc1[nH]c(=O)[nH]c1O. The summed E-state index contributed by atoms with van der Waals surface area (Å²) in [5.74, 6) is -3.57. The minimum Gasteiger partial charge on any atom is -0.493 e. The van der Waals surface area contributed by atoms with E-state index in [0.29, 0.717) is 12.8 Å². The lowest BCUT2D eigenvalue weighted by Crippen LogP contribution is -2.60. The largest absolute Gasteiger partial charge is 0.493 e. The Morgan fingerprint density at radius 3 is 2.44 bits per heavy atom. The molecule has 0 aliphatic carbocycles. The Morgan fingerprint density at radius 2 is 1.78 bits per heavy atom. The van der Waals surface area contributed by atoms with Crippen molar-refractivity contribution in [3.63, 3.8) is 0 Å². The fraction of sp³-hybridized carbons (Fsp3) is 0.393. The van der Waals surface area contributed by atoms with Gasteiger partial charge in [0.25, 0.3) is 0 Å². The van der Waals surface area contributed by atoms with Gasteiger partial charge in [-0.1, -0.05) is 42.5 Å². The molecular formula is C28H35N6O9PS. The smallest absolute Gasteiger partial charge is 0.335 e. The molecule has 0 radical (unpaired) electrons. The Morgan fingerprint density at radius 1 is 1.04 bits per heavy atom. The van der Waals surface area contributed by atoms with Crippen LogP contribution in [-0.2, 0) is 36.6 Å². The van der Waals surface area contributed by atoms with Crippen molar-refractivity contribution in [1.29, 1.82) is 0 Å². The molecule has 0 unspecified atom stereocenters. The maximum atomic E-state index is 13.8. The van der Waals surface area contributed by atoms with E-state index < -0.39 is 72.8 Å². The topological polar surface area (TPSA) is 248 Å². The normalized spacial score (nSPS) is 16.6. The van der Waals surface area contributed by atoms with Crippen molar-refractivity contribution in [3.05, 3.63) is 64.2 Å². The summed E-state index contributed by atoms with van der Waals surface area (Å²) in [5, 5.41) is 16.9. The van der Waals surface area contributed by atoms with E-state index >= 15 is 0 Å². The number of benzene rings is 2. The van der Waals surface area contributed by atoms with Crippen LogP contribution in [0.1, 0.15) is 30.5 Å². The Kier molecular flexibility index (Phi) is 11.1. The average Bonchev–Trinajstić information content (AvgIpc) is 3.30. The van der Waals surface area contributed by atoms with Gasteiger partial charge in [0.15, 0.2) is 0 Å². The summed E-state index contributed by atoms with van der Waals surface area (Å²) in [6.07, 6.45) is 1.06. The van der Waals surface area contributed by atoms with Gasteiger partial charge in [0.2, 0.25) is 29.5 Å². The molecule has 0 bridgehead atoms. The predicted molar refractivity (Wildman–Crippen MR) is 166 cm³/mol. The number of aromatic nitrogens is 2. The van der Waals surface area contributed by atoms with Crippen molar-refractivity contribution >= 4 is 53.8 Å². The van der Waals surface area contributed by atoms with Crippen molar-refractivity contribution in [2.45, 2.75) is 50.2 Å². The van der Waals surface area contributed by atoms with E-state index in [0.717, 1.165) is 28.1 Å². The van der Waals surface area contributed by atoms with Gasteiger partial charge in [-0.3, -0.25) is 28.7 Å². The van der Waals surface area contributed by atoms with Crippen molar-refractivity contribution in [1.82, 2.24) is 25.5 Å². The number of likely N-dealkylation sites (tertiary alicyclic amines) is 1. The number of piperidine rings is 1. The number of nitrogens with two attached hydrogens (primary N) is 1. The van der Waals surface area contributed by atoms with Crippen LogP contribution in [0.5, 0.6) is 5.88 Å². The number of amides is 4. The number of carbonyl (C=O) groups excluding carboxylic acids is 4. The van der Waals surface area contributed by atoms with Crippen LogP contribution in [0.15, 0.2) is 47.3 Å². The second kappa shape index (κ2) is 14.8. The third-order valence-corrected chi connectivity index (χ3v) is 9.94. The van der Waals surface area contributed by atoms with E-state index in [1.165, 1.54) is 4.90 Å². The summed E-state index contributed by atoms with van der Waals surface area (Å²) < 4.78 is 11.4. The number of hydrogen-bond donors (Lipinski definition) is 8. The van der Waals surface area contributed by atoms with Crippen LogP contribution < -0.4 is 22.1 Å². The Bertz CT molecular complexity index is 1670. The highest BCUT2D eigenvalue weighted by Crippen LogP contribution is 2.38. The minimum atomic E-state index is -4.43. The molecule has 1 aliphatic heterocycles. The number of nitrogens with one attached hydrogen (secondary N) is 4. The molecule has 1 aliphatic rings. The third kappa shape index (κ3) is 9.44. The Balaban J connectivity index is 1.49. The molecule has 1 saturated heterocycles. The Hall–Kier alpha value is -4.11. The molecule has 15 nitrogen and oxygen atoms in total. The quantitative estimate of drug-likeness (QED) is 0.114. The highest BCUT2D eigenvalue weighted by atomic mass is 32.2. The molecular weight excluding hydrogens is 627 g/mol. The van der Waals surface area contributed by atoms with Gasteiger partial charge < -0.3 is 41.1 Å². The van der Waals surface area contributed by atoms with Crippen LogP contribution in [-0.4, -0.2) is 89.3 Å². The molecule has 45 heavy (non-hydrogen) atoms. The molecule has 2 aromatic carbocycles. The number of thioether (sulfide) groups is 1. The van der Waals surface area contributed by atoms with Gasteiger partial charge in [-0.2, -0.15) is 0 Å². The number of aromatic hydroxyl groups is 1. The lowest BCUT2D eigenvalue weighted by atomic mass is 9.98. The summed E-state index contributed by atoms with van der Waals surface area (Å²) in [4.78, 5) is 88.1. The van der Waals surface area contributed by atoms with Crippen LogP contribution in [0.2, 0.25) is 0 Å². The number of nitrogens with zero attached hydrogens (tertiary/aromatic N) is 1. The number of carbonyl (C=O) groups is 4. The monoisotopic (exact) mass is 662 g/mol. The molecule has 2 heterocycles. The van der Waals surface area contributed by atoms with Crippen LogP contribution in [0.3, 0.4) is 0 Å². The predicted octanol–water partition coefficient (Wildman–Crippen LogP) is 0.0514. The van der Waals surface area contributed by atoms with E-state index in [1.54, 1.807) is 0 Å². The minimum absolute atomic E-state index is 0.120. The number of primary amides is 1. The van der Waals surface area contributed by atoms with Gasteiger partial charge in [-0.05, 0) is 35.6 Å². The maximum Gasteiger partial charge on any atom is 0.335 e. The summed E-state index contributed by atoms with van der Waals surface area (Å²) in [6, 6.07) is 9.95. The molecule has 1 aromatic heterocycles. The van der Waals surface area contributed by atoms with Crippen LogP contribution in [0.25, 0.3) is 10.8 Å². The molecule has 17 heteroatoms. The molecule has 3 aromatic rings. The van der Waals surface area contributed by atoms with Crippen LogP contribution in [0.4, 0.5) is 0 Å². The number of H-pyrrole nitrogens is 2. The number of imidazole rings is 1. The average molecular weight is 663 g/mol. The first-order valence-electron chi connectivity index (χ1n) is 14.1. The van der Waals surface area contributed by atoms with E-state index in [1.807, 2.05) is 42.5 Å². The van der Waals surface area contributed by atoms with E-state index in [2.05, 4.69) is 20.6 Å². The zero-order valence-corrected chi connectivity index (χ0v) is 25.8. The lowest BCUT2D eigenvalue weighted by molar-refractivity contribution is -0.145. The van der Waals surface area contributed by atoms with Crippen molar-refractivity contribution in [3.8, 4) is 5.88 Å². The number of hydrogen-bond acceptors (Lipinski definition) is 8. The first-order valence-corrected chi connectivity index (χ1v) is 17.1. The van der Waals surface area contributed by atoms with E-state index in [9.17, 15) is 43.4 Å². The van der Waals surface area contributed by atoms with Gasteiger partial charge in [-0.25, -0.2) is 4.79 Å². The Labute approximate surface area is 261 Å². The van der Waals surface area contributed by atoms with Gasteiger partial charge in [0.05, 0.1) is 17.6 Å². The molecule has 3 atom stereocenters. The molecule has 242 valence electrons. The highest BCUT2D eigenvalue weighted by Gasteiger charge is 2.37. The highest BCUT2D eigenvalue weighted by molar-refractivity contribution is 8.04. The second-order valence-electron chi connectivity index (χ2n) is 10.8. The fourth-order valence-electron chi connectivity index (χ4n) is 5.17. The first-order chi connectivity index (χ1) is 21.3. The lowest BCUT2D eigenvalue weighted by Gasteiger charge is -2.37. The zero-order valence-electron chi connectivity index (χ0n) is 24.1. The summed E-state index contributed by atoms with van der Waals surface area (Å²) in [6.45, 7) is 0.157. The van der Waals surface area contributed by atoms with Gasteiger partial charge in [0, 0.05) is 18.7 Å². The van der Waals surface area contributed by atoms with Crippen LogP contribution in [0, 0.1) is 0 Å². The van der Waals surface area contributed by atoms with E-state index in [4.69, 9.17) is 5.73 Å². The van der Waals surface area contributed by atoms with Gasteiger partial charge in [-0.15, -0.1) is 11.8 Å². The molecule has 1 fully saturated rings. The fourth-order valence-corrected chi connectivity index (χ4v) is 7.00. The van der Waals surface area contributed by atoms with E-state index in [-0.39, 0.29) is 30.8 Å². The number of fused-ring (bicyclic) bond motifs is 1. The maximum absolute atomic E-state index is 13.8. The summed E-state index contributed by atoms with van der Waals surface area (Å²) >= 11 is 0.742. The molecule has 4 amide bonds. The second-order valence-corrected chi connectivity index (χ2v) is 13.9. The van der Waals surface area contributed by atoms with Gasteiger partial charge >= 0.3 is 13.3 Å². The van der Waals surface area contributed by atoms with Crippen molar-refractivity contribution in [2.24, 2.45) is 5.73 Å². The molecule has 0 spiro atoms. The molecule has 0 saturated carbocycles. The van der Waals surface area contributed by atoms with Crippen LogP contribution >= 0.6 is 19.4 Å². The molecule has 9 N–H and O–H groups in total. The van der Waals surface area contributed by atoms with Crippen molar-refractivity contribution < 1.29 is 38.6 Å². The summed E-state index contributed by atoms with van der Waals surface area (Å²) in [7, 11) is -4.43.